The minimum Gasteiger partial charge on any atom is -0.466 e. The molecule has 2 nitrogen and oxygen atoms in total. The molecular weight excluding hydrogens is 128 g/mol. The Labute approximate surface area is 60.9 Å². The SMILES string of the molecule is C=C1[C@H](C(=O)OCC)[C@@H]1C. The van der Waals surface area contributed by atoms with Gasteiger partial charge < -0.3 is 4.74 Å². The van der Waals surface area contributed by atoms with Gasteiger partial charge in [0.2, 0.25) is 0 Å². The molecule has 0 unspecified atom stereocenters. The maximum atomic E-state index is 10.9. The molecule has 0 bridgehead atoms. The second-order valence-electron chi connectivity index (χ2n) is 2.59. The zero-order valence-corrected chi connectivity index (χ0v) is 6.39. The number of hydrogen-bond acceptors (Lipinski definition) is 2. The first kappa shape index (κ1) is 7.32. The Morgan fingerprint density at radius 1 is 1.80 bits per heavy atom. The summed E-state index contributed by atoms with van der Waals surface area (Å²) in [4.78, 5) is 10.9. The lowest BCUT2D eigenvalue weighted by molar-refractivity contribution is -0.144. The van der Waals surface area contributed by atoms with Crippen molar-refractivity contribution >= 4 is 5.97 Å². The van der Waals surface area contributed by atoms with Gasteiger partial charge in [0, 0.05) is 0 Å². The molecule has 1 rings (SSSR count). The van der Waals surface area contributed by atoms with E-state index >= 15 is 0 Å². The van der Waals surface area contributed by atoms with E-state index in [0.717, 1.165) is 5.57 Å². The molecule has 0 aromatic rings. The second kappa shape index (κ2) is 2.45. The summed E-state index contributed by atoms with van der Waals surface area (Å²) in [6.07, 6.45) is 0. The van der Waals surface area contributed by atoms with Crippen LogP contribution in [-0.2, 0) is 9.53 Å². The first-order valence-electron chi connectivity index (χ1n) is 3.53. The Balaban J connectivity index is 2.38. The van der Waals surface area contributed by atoms with E-state index in [-0.39, 0.29) is 11.9 Å². The molecule has 0 heterocycles. The predicted molar refractivity (Wildman–Crippen MR) is 38.4 cm³/mol. The highest BCUT2D eigenvalue weighted by Gasteiger charge is 2.45. The molecule has 0 aliphatic heterocycles. The van der Waals surface area contributed by atoms with Gasteiger partial charge in [0.1, 0.15) is 0 Å². The van der Waals surface area contributed by atoms with Crippen LogP contribution in [0.5, 0.6) is 0 Å². The number of rotatable bonds is 2. The topological polar surface area (TPSA) is 26.3 Å². The van der Waals surface area contributed by atoms with Crippen molar-refractivity contribution in [1.82, 2.24) is 0 Å². The minimum atomic E-state index is -0.111. The van der Waals surface area contributed by atoms with Crippen LogP contribution < -0.4 is 0 Å². The maximum absolute atomic E-state index is 10.9. The van der Waals surface area contributed by atoms with Gasteiger partial charge in [-0.15, -0.1) is 0 Å². The largest absolute Gasteiger partial charge is 0.466 e. The van der Waals surface area contributed by atoms with Crippen LogP contribution in [0.2, 0.25) is 0 Å². The molecule has 0 N–H and O–H groups in total. The van der Waals surface area contributed by atoms with E-state index in [1.807, 2.05) is 13.8 Å². The standard InChI is InChI=1S/C8H12O2/c1-4-10-8(9)7-5(2)6(7)3/h6-7H,2,4H2,1,3H3/t6-,7+/m1/s1. The van der Waals surface area contributed by atoms with Crippen LogP contribution >= 0.6 is 0 Å². The molecule has 1 fully saturated rings. The smallest absolute Gasteiger partial charge is 0.313 e. The molecule has 2 atom stereocenters. The highest BCUT2D eigenvalue weighted by molar-refractivity contribution is 5.81. The van der Waals surface area contributed by atoms with Crippen molar-refractivity contribution in [2.24, 2.45) is 11.8 Å². The fraction of sp³-hybridized carbons (Fsp3) is 0.625. The van der Waals surface area contributed by atoms with Crippen LogP contribution in [0.4, 0.5) is 0 Å². The number of hydrogen-bond donors (Lipinski definition) is 0. The highest BCUT2D eigenvalue weighted by atomic mass is 16.5. The van der Waals surface area contributed by atoms with Crippen molar-refractivity contribution < 1.29 is 9.53 Å². The Hall–Kier alpha value is -0.790. The van der Waals surface area contributed by atoms with E-state index < -0.39 is 0 Å². The average Bonchev–Trinajstić information content (AvgIpc) is 2.42. The van der Waals surface area contributed by atoms with Gasteiger partial charge in [-0.3, -0.25) is 4.79 Å². The van der Waals surface area contributed by atoms with Crippen LogP contribution in [0.25, 0.3) is 0 Å². The van der Waals surface area contributed by atoms with Gasteiger partial charge in [-0.2, -0.15) is 0 Å². The van der Waals surface area contributed by atoms with Crippen molar-refractivity contribution in [1.29, 1.82) is 0 Å². The molecule has 0 amide bonds. The van der Waals surface area contributed by atoms with Crippen molar-refractivity contribution in [3.8, 4) is 0 Å². The Kier molecular flexibility index (Phi) is 1.79. The first-order valence-corrected chi connectivity index (χ1v) is 3.53. The lowest BCUT2D eigenvalue weighted by atomic mass is 10.3. The first-order chi connectivity index (χ1) is 4.68. The second-order valence-corrected chi connectivity index (χ2v) is 2.59. The Morgan fingerprint density at radius 3 is 2.60 bits per heavy atom. The molecule has 0 aromatic carbocycles. The average molecular weight is 140 g/mol. The zero-order valence-electron chi connectivity index (χ0n) is 6.39. The lowest BCUT2D eigenvalue weighted by Gasteiger charge is -1.96. The van der Waals surface area contributed by atoms with E-state index in [1.54, 1.807) is 0 Å². The molecule has 0 spiro atoms. The van der Waals surface area contributed by atoms with Crippen LogP contribution in [0.1, 0.15) is 13.8 Å². The molecule has 0 aromatic heterocycles. The van der Waals surface area contributed by atoms with Crippen molar-refractivity contribution in [3.63, 3.8) is 0 Å². The third kappa shape index (κ3) is 1.06. The molecule has 56 valence electrons. The fourth-order valence-corrected chi connectivity index (χ4v) is 1.05. The number of ether oxygens (including phenoxy) is 1. The monoisotopic (exact) mass is 140 g/mol. The van der Waals surface area contributed by atoms with E-state index in [4.69, 9.17) is 4.74 Å². The molecule has 1 aliphatic rings. The summed E-state index contributed by atoms with van der Waals surface area (Å²) in [5.74, 6) is 0.235. The molecule has 1 saturated carbocycles. The summed E-state index contributed by atoms with van der Waals surface area (Å²) in [6, 6.07) is 0. The predicted octanol–water partition coefficient (Wildman–Crippen LogP) is 1.37. The summed E-state index contributed by atoms with van der Waals surface area (Å²) < 4.78 is 4.81. The molecule has 2 heteroatoms. The van der Waals surface area contributed by atoms with Gasteiger partial charge in [0.25, 0.3) is 0 Å². The summed E-state index contributed by atoms with van der Waals surface area (Å²) in [6.45, 7) is 8.00. The van der Waals surface area contributed by atoms with Crippen molar-refractivity contribution in [3.05, 3.63) is 12.2 Å². The fourth-order valence-electron chi connectivity index (χ4n) is 1.05. The van der Waals surface area contributed by atoms with Crippen LogP contribution in [0.15, 0.2) is 12.2 Å². The molecule has 1 aliphatic carbocycles. The number of carbonyl (C=O) groups excluding carboxylic acids is 1. The minimum absolute atomic E-state index is 0.0000463. The summed E-state index contributed by atoms with van der Waals surface area (Å²) in [7, 11) is 0. The molecular formula is C8H12O2. The van der Waals surface area contributed by atoms with E-state index in [0.29, 0.717) is 12.5 Å². The van der Waals surface area contributed by atoms with Gasteiger partial charge in [-0.25, -0.2) is 0 Å². The van der Waals surface area contributed by atoms with Gasteiger partial charge >= 0.3 is 5.97 Å². The summed E-state index contributed by atoms with van der Waals surface area (Å²) in [5, 5.41) is 0. The van der Waals surface area contributed by atoms with Gasteiger partial charge in [-0.05, 0) is 12.8 Å². The van der Waals surface area contributed by atoms with Gasteiger partial charge in [0.05, 0.1) is 12.5 Å². The third-order valence-electron chi connectivity index (χ3n) is 1.92. The van der Waals surface area contributed by atoms with Crippen molar-refractivity contribution in [2.45, 2.75) is 13.8 Å². The van der Waals surface area contributed by atoms with Crippen molar-refractivity contribution in [2.75, 3.05) is 6.61 Å². The molecule has 0 radical (unpaired) electrons. The number of esters is 1. The Bertz CT molecular complexity index is 172. The highest BCUT2D eigenvalue weighted by Crippen LogP contribution is 2.44. The quantitative estimate of drug-likeness (QED) is 0.427. The van der Waals surface area contributed by atoms with Crippen LogP contribution in [0.3, 0.4) is 0 Å². The van der Waals surface area contributed by atoms with Crippen LogP contribution in [-0.4, -0.2) is 12.6 Å². The van der Waals surface area contributed by atoms with Gasteiger partial charge in [0.15, 0.2) is 0 Å². The van der Waals surface area contributed by atoms with E-state index in [1.165, 1.54) is 0 Å². The Morgan fingerprint density at radius 2 is 2.30 bits per heavy atom. The van der Waals surface area contributed by atoms with Gasteiger partial charge in [-0.1, -0.05) is 19.1 Å². The molecule has 0 saturated heterocycles. The van der Waals surface area contributed by atoms with E-state index in [2.05, 4.69) is 6.58 Å². The summed E-state index contributed by atoms with van der Waals surface area (Å²) >= 11 is 0. The zero-order chi connectivity index (χ0) is 7.72. The summed E-state index contributed by atoms with van der Waals surface area (Å²) in [5.41, 5.74) is 1.01. The van der Waals surface area contributed by atoms with Crippen LogP contribution in [0, 0.1) is 11.8 Å². The maximum Gasteiger partial charge on any atom is 0.313 e. The lowest BCUT2D eigenvalue weighted by Crippen LogP contribution is -2.06. The molecule has 10 heavy (non-hydrogen) atoms. The third-order valence-corrected chi connectivity index (χ3v) is 1.92. The number of carbonyl (C=O) groups is 1. The van der Waals surface area contributed by atoms with E-state index in [9.17, 15) is 4.79 Å². The normalized spacial score (nSPS) is 30.0.